The smallest absolute Gasteiger partial charge is 0.267 e. The summed E-state index contributed by atoms with van der Waals surface area (Å²) >= 11 is 0. The van der Waals surface area contributed by atoms with Crippen LogP contribution < -0.4 is 4.72 Å². The Bertz CT molecular complexity index is 499. The Morgan fingerprint density at radius 3 is 2.31 bits per heavy atom. The number of aryl methyl sites for hydroxylation is 2. The van der Waals surface area contributed by atoms with E-state index in [0.29, 0.717) is 5.76 Å². The third-order valence-corrected chi connectivity index (χ3v) is 3.50. The summed E-state index contributed by atoms with van der Waals surface area (Å²) in [6.45, 7) is 6.44. The Morgan fingerprint density at radius 2 is 1.94 bits per heavy atom. The van der Waals surface area contributed by atoms with Gasteiger partial charge in [-0.05, 0) is 13.8 Å². The van der Waals surface area contributed by atoms with Crippen LogP contribution in [0.1, 0.15) is 25.4 Å². The fourth-order valence-corrected chi connectivity index (χ4v) is 2.53. The average Bonchev–Trinajstić information content (AvgIpc) is 2.45. The van der Waals surface area contributed by atoms with Crippen molar-refractivity contribution >= 4 is 15.9 Å². The normalized spacial score (nSPS) is 11.8. The Morgan fingerprint density at radius 1 is 1.38 bits per heavy atom. The molecule has 1 heterocycles. The molecule has 0 saturated heterocycles. The second kappa shape index (κ2) is 4.29. The lowest BCUT2D eigenvalue weighted by Crippen LogP contribution is -2.33. The van der Waals surface area contributed by atoms with Crippen LogP contribution in [0, 0.1) is 19.8 Å². The van der Waals surface area contributed by atoms with Crippen LogP contribution in [-0.4, -0.2) is 14.3 Å². The lowest BCUT2D eigenvalue weighted by Gasteiger charge is -2.07. The quantitative estimate of drug-likeness (QED) is 0.872. The van der Waals surface area contributed by atoms with Gasteiger partial charge in [0.2, 0.25) is 5.91 Å². The highest BCUT2D eigenvalue weighted by Crippen LogP contribution is 2.19. The lowest BCUT2D eigenvalue weighted by atomic mass is 10.2. The Kier molecular flexibility index (Phi) is 3.42. The topological polar surface area (TPSA) is 76.4 Å². The van der Waals surface area contributed by atoms with Crippen molar-refractivity contribution in [1.82, 2.24) is 4.72 Å². The summed E-state index contributed by atoms with van der Waals surface area (Å²) in [5.41, 5.74) is 0. The van der Waals surface area contributed by atoms with E-state index in [0.717, 1.165) is 0 Å². The summed E-state index contributed by atoms with van der Waals surface area (Å²) in [5, 5.41) is 0. The van der Waals surface area contributed by atoms with Crippen LogP contribution >= 0.6 is 0 Å². The van der Waals surface area contributed by atoms with Gasteiger partial charge in [-0.15, -0.1) is 0 Å². The Labute approximate surface area is 94.9 Å². The van der Waals surface area contributed by atoms with Gasteiger partial charge in [-0.25, -0.2) is 13.1 Å². The van der Waals surface area contributed by atoms with Crippen LogP contribution in [0.5, 0.6) is 0 Å². The molecule has 0 aliphatic heterocycles. The number of carbonyl (C=O) groups excluding carboxylic acids is 1. The van der Waals surface area contributed by atoms with Gasteiger partial charge in [0.05, 0.1) is 0 Å². The van der Waals surface area contributed by atoms with Crippen LogP contribution in [0.15, 0.2) is 15.4 Å². The van der Waals surface area contributed by atoms with E-state index in [2.05, 4.69) is 0 Å². The molecular formula is C10H15NO4S. The van der Waals surface area contributed by atoms with E-state index in [-0.39, 0.29) is 16.6 Å². The zero-order chi connectivity index (χ0) is 12.5. The number of sulfonamides is 1. The SMILES string of the molecule is Cc1cc(S(=O)(=O)NC(=O)C(C)C)c(C)o1. The Balaban J connectivity index is 3.04. The molecule has 0 radical (unpaired) electrons. The summed E-state index contributed by atoms with van der Waals surface area (Å²) in [4.78, 5) is 11.3. The molecule has 0 unspecified atom stereocenters. The molecule has 0 saturated carbocycles. The molecule has 5 nitrogen and oxygen atoms in total. The van der Waals surface area contributed by atoms with Crippen LogP contribution in [0.3, 0.4) is 0 Å². The van der Waals surface area contributed by atoms with E-state index in [4.69, 9.17) is 4.42 Å². The summed E-state index contributed by atoms with van der Waals surface area (Å²) in [6, 6.07) is 1.39. The van der Waals surface area contributed by atoms with Gasteiger partial charge in [0.15, 0.2) is 0 Å². The molecule has 1 aromatic rings. The van der Waals surface area contributed by atoms with Crippen LogP contribution in [-0.2, 0) is 14.8 Å². The van der Waals surface area contributed by atoms with Gasteiger partial charge in [0.25, 0.3) is 10.0 Å². The van der Waals surface area contributed by atoms with Gasteiger partial charge in [-0.3, -0.25) is 4.79 Å². The first-order valence-corrected chi connectivity index (χ1v) is 6.36. The maximum absolute atomic E-state index is 11.8. The Hall–Kier alpha value is -1.30. The minimum Gasteiger partial charge on any atom is -0.465 e. The predicted octanol–water partition coefficient (Wildman–Crippen LogP) is 1.36. The average molecular weight is 245 g/mol. The van der Waals surface area contributed by atoms with E-state index in [1.807, 2.05) is 4.72 Å². The van der Waals surface area contributed by atoms with E-state index in [1.54, 1.807) is 27.7 Å². The van der Waals surface area contributed by atoms with Crippen LogP contribution in [0.25, 0.3) is 0 Å². The second-order valence-corrected chi connectivity index (χ2v) is 5.55. The molecule has 0 spiro atoms. The molecule has 0 bridgehead atoms. The molecule has 16 heavy (non-hydrogen) atoms. The number of carbonyl (C=O) groups is 1. The molecular weight excluding hydrogens is 230 g/mol. The summed E-state index contributed by atoms with van der Waals surface area (Å²) in [5.74, 6) is -0.141. The van der Waals surface area contributed by atoms with E-state index >= 15 is 0 Å². The molecule has 6 heteroatoms. The maximum Gasteiger partial charge on any atom is 0.267 e. The molecule has 0 aromatic carbocycles. The fourth-order valence-electron chi connectivity index (χ4n) is 1.18. The third-order valence-electron chi connectivity index (χ3n) is 2.04. The molecule has 0 atom stereocenters. The largest absolute Gasteiger partial charge is 0.465 e. The van der Waals surface area contributed by atoms with Crippen molar-refractivity contribution in [2.24, 2.45) is 5.92 Å². The van der Waals surface area contributed by atoms with Crippen molar-refractivity contribution in [2.45, 2.75) is 32.6 Å². The molecule has 0 fully saturated rings. The molecule has 1 N–H and O–H groups in total. The first-order chi connectivity index (χ1) is 7.24. The second-order valence-electron chi connectivity index (χ2n) is 3.90. The van der Waals surface area contributed by atoms with Crippen LogP contribution in [0.2, 0.25) is 0 Å². The molecule has 1 amide bonds. The molecule has 0 aliphatic carbocycles. The van der Waals surface area contributed by atoms with Crippen molar-refractivity contribution in [2.75, 3.05) is 0 Å². The lowest BCUT2D eigenvalue weighted by molar-refractivity contribution is -0.122. The summed E-state index contributed by atoms with van der Waals surface area (Å²) in [6.07, 6.45) is 0. The van der Waals surface area contributed by atoms with Gasteiger partial charge in [0, 0.05) is 12.0 Å². The van der Waals surface area contributed by atoms with Crippen molar-refractivity contribution in [1.29, 1.82) is 0 Å². The van der Waals surface area contributed by atoms with E-state index in [1.165, 1.54) is 6.07 Å². The van der Waals surface area contributed by atoms with Gasteiger partial charge in [0.1, 0.15) is 16.4 Å². The number of hydrogen-bond donors (Lipinski definition) is 1. The van der Waals surface area contributed by atoms with Crippen molar-refractivity contribution in [3.63, 3.8) is 0 Å². The number of rotatable bonds is 3. The number of furan rings is 1. The highest BCUT2D eigenvalue weighted by Gasteiger charge is 2.23. The highest BCUT2D eigenvalue weighted by atomic mass is 32.2. The predicted molar refractivity (Wildman–Crippen MR) is 58.3 cm³/mol. The van der Waals surface area contributed by atoms with Gasteiger partial charge in [-0.1, -0.05) is 13.8 Å². The molecule has 1 aromatic heterocycles. The number of nitrogens with one attached hydrogen (secondary N) is 1. The minimum absolute atomic E-state index is 0.0130. The monoisotopic (exact) mass is 245 g/mol. The number of hydrogen-bond acceptors (Lipinski definition) is 4. The molecule has 90 valence electrons. The zero-order valence-electron chi connectivity index (χ0n) is 9.70. The van der Waals surface area contributed by atoms with E-state index in [9.17, 15) is 13.2 Å². The summed E-state index contributed by atoms with van der Waals surface area (Å²) in [7, 11) is -3.81. The van der Waals surface area contributed by atoms with Gasteiger partial charge >= 0.3 is 0 Å². The highest BCUT2D eigenvalue weighted by molar-refractivity contribution is 7.90. The standard InChI is InChI=1S/C10H15NO4S/c1-6(2)10(12)11-16(13,14)9-5-7(3)15-8(9)4/h5-6H,1-4H3,(H,11,12). The first-order valence-electron chi connectivity index (χ1n) is 4.87. The van der Waals surface area contributed by atoms with Gasteiger partial charge in [-0.2, -0.15) is 0 Å². The van der Waals surface area contributed by atoms with Gasteiger partial charge < -0.3 is 4.42 Å². The maximum atomic E-state index is 11.8. The minimum atomic E-state index is -3.81. The first kappa shape index (κ1) is 12.8. The summed E-state index contributed by atoms with van der Waals surface area (Å²) < 4.78 is 30.7. The zero-order valence-corrected chi connectivity index (χ0v) is 10.5. The molecule has 1 rings (SSSR count). The van der Waals surface area contributed by atoms with E-state index < -0.39 is 15.9 Å². The fraction of sp³-hybridized carbons (Fsp3) is 0.500. The van der Waals surface area contributed by atoms with Crippen LogP contribution in [0.4, 0.5) is 0 Å². The third kappa shape index (κ3) is 2.63. The van der Waals surface area contributed by atoms with Crippen molar-refractivity contribution in [3.05, 3.63) is 17.6 Å². The van der Waals surface area contributed by atoms with Crippen molar-refractivity contribution < 1.29 is 17.6 Å². The number of amides is 1. The van der Waals surface area contributed by atoms with Crippen molar-refractivity contribution in [3.8, 4) is 0 Å². The molecule has 0 aliphatic rings.